The van der Waals surface area contributed by atoms with E-state index in [0.29, 0.717) is 5.56 Å². The molecular formula is C19H19ClO6S. The minimum Gasteiger partial charge on any atom is -0.493 e. The van der Waals surface area contributed by atoms with Gasteiger partial charge >= 0.3 is 16.1 Å². The van der Waals surface area contributed by atoms with Crippen LogP contribution in [0.2, 0.25) is 5.02 Å². The zero-order valence-electron chi connectivity index (χ0n) is 15.0. The standard InChI is InChI=1S/C19H19ClO6S/c1-12(2)14(19(21)22)10-13-8-9-16(17(11-13)25-3)26-27(23,24)18-7-5-4-6-15(18)20/h4-12H,1-3H3,(H,21,22). The summed E-state index contributed by atoms with van der Waals surface area (Å²) in [6.07, 6.45) is 1.50. The summed E-state index contributed by atoms with van der Waals surface area (Å²) in [6, 6.07) is 10.4. The van der Waals surface area contributed by atoms with Gasteiger partial charge in [-0.2, -0.15) is 8.42 Å². The molecule has 0 aromatic heterocycles. The molecule has 0 unspecified atom stereocenters. The summed E-state index contributed by atoms with van der Waals surface area (Å²) in [5.41, 5.74) is 0.759. The molecular weight excluding hydrogens is 392 g/mol. The van der Waals surface area contributed by atoms with Crippen molar-refractivity contribution in [3.63, 3.8) is 0 Å². The lowest BCUT2D eigenvalue weighted by Gasteiger charge is -2.13. The Morgan fingerprint density at radius 2 is 1.81 bits per heavy atom. The van der Waals surface area contributed by atoms with E-state index in [-0.39, 0.29) is 32.9 Å². The summed E-state index contributed by atoms with van der Waals surface area (Å²) in [5, 5.41) is 9.32. The van der Waals surface area contributed by atoms with E-state index in [0.717, 1.165) is 0 Å². The van der Waals surface area contributed by atoms with Crippen molar-refractivity contribution in [1.29, 1.82) is 0 Å². The molecule has 1 N–H and O–H groups in total. The molecule has 0 radical (unpaired) electrons. The van der Waals surface area contributed by atoms with Gasteiger partial charge in [0.1, 0.15) is 4.90 Å². The van der Waals surface area contributed by atoms with Crippen LogP contribution in [-0.4, -0.2) is 26.6 Å². The molecule has 0 bridgehead atoms. The molecule has 0 aliphatic heterocycles. The van der Waals surface area contributed by atoms with E-state index in [1.54, 1.807) is 26.0 Å². The molecule has 27 heavy (non-hydrogen) atoms. The van der Waals surface area contributed by atoms with Crippen LogP contribution < -0.4 is 8.92 Å². The number of ether oxygens (including phenoxy) is 1. The summed E-state index contributed by atoms with van der Waals surface area (Å²) in [6.45, 7) is 3.54. The molecule has 144 valence electrons. The van der Waals surface area contributed by atoms with Crippen molar-refractivity contribution in [2.45, 2.75) is 18.7 Å². The second kappa shape index (κ2) is 8.45. The fourth-order valence-electron chi connectivity index (χ4n) is 2.31. The highest BCUT2D eigenvalue weighted by molar-refractivity contribution is 7.87. The van der Waals surface area contributed by atoms with Crippen molar-refractivity contribution in [1.82, 2.24) is 0 Å². The van der Waals surface area contributed by atoms with Crippen LogP contribution in [0.15, 0.2) is 52.9 Å². The van der Waals surface area contributed by atoms with Gasteiger partial charge < -0.3 is 14.0 Å². The number of rotatable bonds is 7. The Hall–Kier alpha value is -2.51. The number of benzene rings is 2. The lowest BCUT2D eigenvalue weighted by atomic mass is 10.0. The lowest BCUT2D eigenvalue weighted by molar-refractivity contribution is -0.133. The minimum atomic E-state index is -4.16. The van der Waals surface area contributed by atoms with E-state index < -0.39 is 16.1 Å². The maximum atomic E-state index is 12.5. The second-order valence-electron chi connectivity index (χ2n) is 5.94. The van der Waals surface area contributed by atoms with Crippen molar-refractivity contribution in [3.8, 4) is 11.5 Å². The van der Waals surface area contributed by atoms with E-state index in [1.807, 2.05) is 0 Å². The number of hydrogen-bond acceptors (Lipinski definition) is 5. The van der Waals surface area contributed by atoms with Crippen LogP contribution in [0.4, 0.5) is 0 Å². The number of methoxy groups -OCH3 is 1. The van der Waals surface area contributed by atoms with Crippen molar-refractivity contribution in [2.24, 2.45) is 5.92 Å². The third kappa shape index (κ3) is 5.02. The van der Waals surface area contributed by atoms with E-state index in [2.05, 4.69) is 0 Å². The van der Waals surface area contributed by atoms with Gasteiger partial charge in [-0.25, -0.2) is 4.79 Å². The Morgan fingerprint density at radius 3 is 2.37 bits per heavy atom. The van der Waals surface area contributed by atoms with Crippen molar-refractivity contribution in [2.75, 3.05) is 7.11 Å². The average Bonchev–Trinajstić information content (AvgIpc) is 2.60. The maximum Gasteiger partial charge on any atom is 0.340 e. The number of hydrogen-bond donors (Lipinski definition) is 1. The third-order valence-corrected chi connectivity index (χ3v) is 5.42. The molecule has 0 amide bonds. The molecule has 0 aliphatic rings. The van der Waals surface area contributed by atoms with Crippen molar-refractivity contribution < 1.29 is 27.2 Å². The molecule has 6 nitrogen and oxygen atoms in total. The van der Waals surface area contributed by atoms with Crippen LogP contribution >= 0.6 is 11.6 Å². The van der Waals surface area contributed by atoms with E-state index >= 15 is 0 Å². The third-order valence-electron chi connectivity index (χ3n) is 3.68. The van der Waals surface area contributed by atoms with Crippen LogP contribution in [0.25, 0.3) is 6.08 Å². The highest BCUT2D eigenvalue weighted by Gasteiger charge is 2.22. The van der Waals surface area contributed by atoms with Crippen LogP contribution in [0.5, 0.6) is 11.5 Å². The van der Waals surface area contributed by atoms with Gasteiger partial charge in [0, 0.05) is 5.57 Å². The first-order valence-corrected chi connectivity index (χ1v) is 9.76. The maximum absolute atomic E-state index is 12.5. The van der Waals surface area contributed by atoms with Crippen LogP contribution in [0.1, 0.15) is 19.4 Å². The fraction of sp³-hybridized carbons (Fsp3) is 0.211. The normalized spacial score (nSPS) is 12.1. The van der Waals surface area contributed by atoms with E-state index in [4.69, 9.17) is 20.5 Å². The summed E-state index contributed by atoms with van der Waals surface area (Å²) >= 11 is 5.94. The summed E-state index contributed by atoms with van der Waals surface area (Å²) < 4.78 is 35.3. The van der Waals surface area contributed by atoms with Crippen molar-refractivity contribution in [3.05, 3.63) is 58.6 Å². The molecule has 0 heterocycles. The first kappa shape index (κ1) is 20.8. The molecule has 0 saturated heterocycles. The number of carboxylic acid groups (broad SMARTS) is 1. The quantitative estimate of drug-likeness (QED) is 0.542. The van der Waals surface area contributed by atoms with Crippen LogP contribution in [-0.2, 0) is 14.9 Å². The van der Waals surface area contributed by atoms with Gasteiger partial charge in [-0.3, -0.25) is 0 Å². The van der Waals surface area contributed by atoms with Crippen molar-refractivity contribution >= 4 is 33.8 Å². The molecule has 2 rings (SSSR count). The van der Waals surface area contributed by atoms with E-state index in [9.17, 15) is 18.3 Å². The Morgan fingerprint density at radius 1 is 1.15 bits per heavy atom. The Bertz CT molecular complexity index is 979. The van der Waals surface area contributed by atoms with Gasteiger partial charge in [-0.15, -0.1) is 0 Å². The highest BCUT2D eigenvalue weighted by atomic mass is 35.5. The van der Waals surface area contributed by atoms with Gasteiger partial charge in [-0.05, 0) is 41.8 Å². The molecule has 0 fully saturated rings. The summed E-state index contributed by atoms with van der Waals surface area (Å²) in [7, 11) is -2.80. The monoisotopic (exact) mass is 410 g/mol. The Labute approximate surface area is 163 Å². The van der Waals surface area contributed by atoms with Gasteiger partial charge in [0.15, 0.2) is 11.5 Å². The predicted octanol–water partition coefficient (Wildman–Crippen LogP) is 4.24. The summed E-state index contributed by atoms with van der Waals surface area (Å²) in [5.74, 6) is -1.10. The first-order valence-electron chi connectivity index (χ1n) is 7.97. The Balaban J connectivity index is 2.41. The molecule has 0 spiro atoms. The SMILES string of the molecule is COc1cc(C=C(C(=O)O)C(C)C)ccc1OS(=O)(=O)c1ccccc1Cl. The van der Waals surface area contributed by atoms with Crippen LogP contribution in [0, 0.1) is 5.92 Å². The highest BCUT2D eigenvalue weighted by Crippen LogP contribution is 2.33. The molecule has 2 aromatic carbocycles. The second-order valence-corrected chi connectivity index (χ2v) is 7.86. The summed E-state index contributed by atoms with van der Waals surface area (Å²) in [4.78, 5) is 11.2. The van der Waals surface area contributed by atoms with E-state index in [1.165, 1.54) is 43.5 Å². The molecule has 2 aromatic rings. The van der Waals surface area contributed by atoms with Crippen LogP contribution in [0.3, 0.4) is 0 Å². The number of aliphatic carboxylic acids is 1. The minimum absolute atomic E-state index is 0.0315. The lowest BCUT2D eigenvalue weighted by Crippen LogP contribution is -2.11. The number of halogens is 1. The molecule has 0 saturated carbocycles. The zero-order chi connectivity index (χ0) is 20.2. The van der Waals surface area contributed by atoms with Gasteiger partial charge in [-0.1, -0.05) is 43.6 Å². The fourth-order valence-corrected chi connectivity index (χ4v) is 3.74. The largest absolute Gasteiger partial charge is 0.493 e. The van der Waals surface area contributed by atoms with Gasteiger partial charge in [0.2, 0.25) is 0 Å². The number of carbonyl (C=O) groups is 1. The molecule has 0 atom stereocenters. The number of carboxylic acids is 1. The topological polar surface area (TPSA) is 89.9 Å². The average molecular weight is 411 g/mol. The predicted molar refractivity (Wildman–Crippen MR) is 103 cm³/mol. The molecule has 8 heteroatoms. The smallest absolute Gasteiger partial charge is 0.340 e. The van der Waals surface area contributed by atoms with Gasteiger partial charge in [0.25, 0.3) is 0 Å². The molecule has 0 aliphatic carbocycles. The van der Waals surface area contributed by atoms with Gasteiger partial charge in [0.05, 0.1) is 12.1 Å². The Kier molecular flexibility index (Phi) is 6.51. The zero-order valence-corrected chi connectivity index (χ0v) is 16.5. The first-order chi connectivity index (χ1) is 12.7.